The second kappa shape index (κ2) is 15.0. The quantitative estimate of drug-likeness (QED) is 0.0884. The van der Waals surface area contributed by atoms with Gasteiger partial charge in [-0.2, -0.15) is 0 Å². The van der Waals surface area contributed by atoms with Gasteiger partial charge in [0, 0.05) is 23.4 Å². The van der Waals surface area contributed by atoms with Gasteiger partial charge >= 0.3 is 5.97 Å². The Morgan fingerprint density at radius 1 is 0.867 bits per heavy atom. The first kappa shape index (κ1) is 32.6. The molecule has 1 atom stereocenters. The van der Waals surface area contributed by atoms with Gasteiger partial charge in [0.05, 0.1) is 27.9 Å². The van der Waals surface area contributed by atoms with Gasteiger partial charge in [-0.1, -0.05) is 0 Å². The average molecular weight is 621 g/mol. The zero-order chi connectivity index (χ0) is 32.5. The first-order chi connectivity index (χ1) is 21.7. The van der Waals surface area contributed by atoms with Crippen LogP contribution in [0.2, 0.25) is 0 Å². The maximum atomic E-state index is 13.3. The van der Waals surface area contributed by atoms with Crippen LogP contribution in [0.3, 0.4) is 0 Å². The van der Waals surface area contributed by atoms with Gasteiger partial charge in [-0.3, -0.25) is 14.4 Å². The summed E-state index contributed by atoms with van der Waals surface area (Å²) in [6.07, 6.45) is 2.33. The number of aryl methyl sites for hydroxylation is 1. The maximum absolute atomic E-state index is 13.3. The lowest BCUT2D eigenvalue weighted by molar-refractivity contribution is -0.155. The summed E-state index contributed by atoms with van der Waals surface area (Å²) in [5, 5.41) is 22.5. The van der Waals surface area contributed by atoms with Crippen molar-refractivity contribution in [1.29, 1.82) is 0 Å². The molecule has 238 valence electrons. The SMILES string of the molecule is COc1cc(C(=O)C(=O)N2CCCCC2C(=O)OCCCc2cc(C(=O)Nc3ccc(O)cc3)ccc2O)cc(OC)c1OC. The topological polar surface area (TPSA) is 161 Å². The number of Topliss-reactive ketones (excluding diaryl/α,β-unsaturated/α-hetero) is 1. The van der Waals surface area contributed by atoms with E-state index in [4.69, 9.17) is 18.9 Å². The third-order valence-corrected chi connectivity index (χ3v) is 7.46. The molecule has 3 aromatic rings. The molecule has 0 radical (unpaired) electrons. The second-order valence-electron chi connectivity index (χ2n) is 10.4. The number of benzene rings is 3. The number of nitrogens with zero attached hydrogens (tertiary/aromatic N) is 1. The van der Waals surface area contributed by atoms with E-state index in [0.717, 1.165) is 0 Å². The Kier molecular flexibility index (Phi) is 10.9. The minimum atomic E-state index is -0.919. The van der Waals surface area contributed by atoms with Gasteiger partial charge in [-0.25, -0.2) is 4.79 Å². The molecule has 1 unspecified atom stereocenters. The summed E-state index contributed by atoms with van der Waals surface area (Å²) in [6.45, 7) is 0.225. The summed E-state index contributed by atoms with van der Waals surface area (Å²) in [5.74, 6) is -1.87. The molecular formula is C33H36N2O10. The smallest absolute Gasteiger partial charge is 0.328 e. The molecule has 0 aliphatic carbocycles. The molecule has 12 nitrogen and oxygen atoms in total. The minimum absolute atomic E-state index is 0.00155. The summed E-state index contributed by atoms with van der Waals surface area (Å²) in [5.41, 5.74) is 1.35. The standard InChI is InChI=1S/C33H36N2O10/c1-42-27-18-22(19-28(43-2)30(27)44-3)29(38)32(40)35-15-5-4-8-25(35)33(41)45-16-6-7-20-17-21(9-14-26(20)37)31(39)34-23-10-12-24(36)13-11-23/h9-14,17-19,25,36-37H,4-8,15-16H2,1-3H3,(H,34,39). The van der Waals surface area contributed by atoms with E-state index in [1.54, 1.807) is 18.2 Å². The van der Waals surface area contributed by atoms with E-state index in [1.807, 2.05) is 0 Å². The van der Waals surface area contributed by atoms with Gasteiger partial charge < -0.3 is 39.4 Å². The highest BCUT2D eigenvalue weighted by atomic mass is 16.5. The predicted octanol–water partition coefficient (Wildman–Crippen LogP) is 4.12. The van der Waals surface area contributed by atoms with Crippen molar-refractivity contribution >= 4 is 29.3 Å². The van der Waals surface area contributed by atoms with E-state index in [-0.39, 0.29) is 47.5 Å². The van der Waals surface area contributed by atoms with Gasteiger partial charge in [-0.15, -0.1) is 0 Å². The number of rotatable bonds is 12. The molecule has 2 amide bonds. The number of piperidine rings is 1. The van der Waals surface area contributed by atoms with Crippen molar-refractivity contribution in [3.05, 3.63) is 71.3 Å². The molecule has 0 bridgehead atoms. The summed E-state index contributed by atoms with van der Waals surface area (Å²) >= 11 is 0. The zero-order valence-corrected chi connectivity index (χ0v) is 25.3. The number of phenols is 2. The van der Waals surface area contributed by atoms with Crippen molar-refractivity contribution in [3.63, 3.8) is 0 Å². The summed E-state index contributed by atoms with van der Waals surface area (Å²) < 4.78 is 21.4. The zero-order valence-electron chi connectivity index (χ0n) is 25.3. The van der Waals surface area contributed by atoms with E-state index < -0.39 is 29.6 Å². The van der Waals surface area contributed by atoms with Crippen molar-refractivity contribution in [1.82, 2.24) is 4.90 Å². The Balaban J connectivity index is 1.35. The highest BCUT2D eigenvalue weighted by Crippen LogP contribution is 2.38. The molecular weight excluding hydrogens is 584 g/mol. The molecule has 12 heteroatoms. The number of phenolic OH excluding ortho intramolecular Hbond substituents is 2. The van der Waals surface area contributed by atoms with E-state index in [1.165, 1.54) is 62.6 Å². The first-order valence-electron chi connectivity index (χ1n) is 14.4. The Hall–Kier alpha value is -5.26. The van der Waals surface area contributed by atoms with Crippen molar-refractivity contribution in [3.8, 4) is 28.7 Å². The molecule has 45 heavy (non-hydrogen) atoms. The first-order valence-corrected chi connectivity index (χ1v) is 14.4. The average Bonchev–Trinajstić information content (AvgIpc) is 3.06. The van der Waals surface area contributed by atoms with Crippen LogP contribution in [-0.4, -0.2) is 79.2 Å². The van der Waals surface area contributed by atoms with Gasteiger partial charge in [0.1, 0.15) is 17.5 Å². The molecule has 1 fully saturated rings. The van der Waals surface area contributed by atoms with Crippen molar-refractivity contribution in [2.75, 3.05) is 39.8 Å². The largest absolute Gasteiger partial charge is 0.508 e. The molecule has 3 N–H and O–H groups in total. The van der Waals surface area contributed by atoms with Crippen molar-refractivity contribution < 1.29 is 48.3 Å². The van der Waals surface area contributed by atoms with E-state index in [9.17, 15) is 29.4 Å². The van der Waals surface area contributed by atoms with Crippen molar-refractivity contribution in [2.45, 2.75) is 38.1 Å². The Morgan fingerprint density at radius 2 is 1.56 bits per heavy atom. The number of carbonyl (C=O) groups is 4. The summed E-state index contributed by atoms with van der Waals surface area (Å²) in [7, 11) is 4.23. The van der Waals surface area contributed by atoms with E-state index >= 15 is 0 Å². The number of amides is 2. The van der Waals surface area contributed by atoms with Crippen LogP contribution in [0.15, 0.2) is 54.6 Å². The van der Waals surface area contributed by atoms with Crippen LogP contribution in [0.4, 0.5) is 5.69 Å². The number of anilines is 1. The number of ketones is 1. The molecule has 0 aromatic heterocycles. The lowest BCUT2D eigenvalue weighted by Crippen LogP contribution is -2.51. The lowest BCUT2D eigenvalue weighted by Gasteiger charge is -2.33. The number of carbonyl (C=O) groups excluding carboxylic acids is 4. The summed E-state index contributed by atoms with van der Waals surface area (Å²) in [6, 6.07) is 12.4. The molecule has 1 saturated heterocycles. The fraction of sp³-hybridized carbons (Fsp3) is 0.333. The number of methoxy groups -OCH3 is 3. The highest BCUT2D eigenvalue weighted by Gasteiger charge is 2.37. The van der Waals surface area contributed by atoms with Gasteiger partial charge in [0.2, 0.25) is 5.75 Å². The van der Waals surface area contributed by atoms with Crippen LogP contribution in [0.25, 0.3) is 0 Å². The van der Waals surface area contributed by atoms with Crippen LogP contribution in [-0.2, 0) is 20.7 Å². The number of hydrogen-bond donors (Lipinski definition) is 3. The monoisotopic (exact) mass is 620 g/mol. The van der Waals surface area contributed by atoms with Crippen LogP contribution >= 0.6 is 0 Å². The fourth-order valence-electron chi connectivity index (χ4n) is 5.09. The van der Waals surface area contributed by atoms with Crippen LogP contribution in [0.1, 0.15) is 52.0 Å². The molecule has 3 aromatic carbocycles. The van der Waals surface area contributed by atoms with Crippen LogP contribution in [0.5, 0.6) is 28.7 Å². The van der Waals surface area contributed by atoms with Gasteiger partial charge in [0.15, 0.2) is 11.5 Å². The molecule has 0 spiro atoms. The number of ether oxygens (including phenoxy) is 4. The fourth-order valence-corrected chi connectivity index (χ4v) is 5.09. The molecule has 1 aliphatic heterocycles. The van der Waals surface area contributed by atoms with Crippen molar-refractivity contribution in [2.24, 2.45) is 0 Å². The van der Waals surface area contributed by atoms with E-state index in [0.29, 0.717) is 48.9 Å². The molecule has 0 saturated carbocycles. The normalized spacial score (nSPS) is 14.3. The molecule has 1 heterocycles. The molecule has 1 aliphatic rings. The third-order valence-electron chi connectivity index (χ3n) is 7.46. The number of esters is 1. The predicted molar refractivity (Wildman–Crippen MR) is 163 cm³/mol. The Morgan fingerprint density at radius 3 is 2.20 bits per heavy atom. The highest BCUT2D eigenvalue weighted by molar-refractivity contribution is 6.43. The second-order valence-corrected chi connectivity index (χ2v) is 10.4. The number of likely N-dealkylation sites (tertiary alicyclic amines) is 1. The van der Waals surface area contributed by atoms with Gasteiger partial charge in [0.25, 0.3) is 17.6 Å². The van der Waals surface area contributed by atoms with Crippen LogP contribution < -0.4 is 19.5 Å². The minimum Gasteiger partial charge on any atom is -0.508 e. The van der Waals surface area contributed by atoms with E-state index in [2.05, 4.69) is 5.32 Å². The van der Waals surface area contributed by atoms with Gasteiger partial charge in [-0.05, 0) is 92.3 Å². The number of hydrogen-bond acceptors (Lipinski definition) is 10. The summed E-state index contributed by atoms with van der Waals surface area (Å²) in [4.78, 5) is 53.5. The maximum Gasteiger partial charge on any atom is 0.328 e. The van der Waals surface area contributed by atoms with Crippen LogP contribution in [0, 0.1) is 0 Å². The Labute approximate surface area is 260 Å². The lowest BCUT2D eigenvalue weighted by atomic mass is 10.00. The number of nitrogens with one attached hydrogen (secondary N) is 1. The third kappa shape index (κ3) is 7.83. The Bertz CT molecular complexity index is 1530. The number of aromatic hydroxyl groups is 2. The molecule has 4 rings (SSSR count).